The number of ether oxygens (including phenoxy) is 1. The normalized spacial score (nSPS) is 17.9. The van der Waals surface area contributed by atoms with Crippen molar-refractivity contribution in [3.63, 3.8) is 0 Å². The molecule has 170 valence electrons. The van der Waals surface area contributed by atoms with E-state index in [-0.39, 0.29) is 48.8 Å². The van der Waals surface area contributed by atoms with Crippen molar-refractivity contribution >= 4 is 29.2 Å². The zero-order chi connectivity index (χ0) is 23.3. The number of likely N-dealkylation sites (tertiary alicyclic amines) is 1. The summed E-state index contributed by atoms with van der Waals surface area (Å²) in [7, 11) is 1.57. The molecule has 0 N–H and O–H groups in total. The van der Waals surface area contributed by atoms with Crippen LogP contribution in [0.1, 0.15) is 50.2 Å². The Hall–Kier alpha value is -2.66. The van der Waals surface area contributed by atoms with Crippen LogP contribution in [0.15, 0.2) is 48.5 Å². The fourth-order valence-corrected chi connectivity index (χ4v) is 4.52. The summed E-state index contributed by atoms with van der Waals surface area (Å²) >= 11 is 6.15. The Morgan fingerprint density at radius 2 is 1.88 bits per heavy atom. The fourth-order valence-electron chi connectivity index (χ4n) is 4.32. The second-order valence-electron chi connectivity index (χ2n) is 8.72. The Balaban J connectivity index is 1.82. The number of rotatable bonds is 7. The molecule has 0 saturated carbocycles. The van der Waals surface area contributed by atoms with Crippen LogP contribution in [0.5, 0.6) is 5.75 Å². The summed E-state index contributed by atoms with van der Waals surface area (Å²) in [6, 6.07) is 15.1. The highest BCUT2D eigenvalue weighted by atomic mass is 35.5. The van der Waals surface area contributed by atoms with Gasteiger partial charge in [-0.25, -0.2) is 0 Å². The largest absolute Gasteiger partial charge is 0.496 e. The van der Waals surface area contributed by atoms with Crippen LogP contribution in [0.25, 0.3) is 0 Å². The van der Waals surface area contributed by atoms with Crippen LogP contribution in [0.4, 0.5) is 0 Å². The van der Waals surface area contributed by atoms with Crippen molar-refractivity contribution in [2.45, 2.75) is 45.4 Å². The first-order valence-corrected chi connectivity index (χ1v) is 11.4. The van der Waals surface area contributed by atoms with Crippen molar-refractivity contribution in [3.8, 4) is 5.75 Å². The molecule has 5 nitrogen and oxygen atoms in total. The number of amides is 2. The van der Waals surface area contributed by atoms with E-state index < -0.39 is 5.92 Å². The van der Waals surface area contributed by atoms with Gasteiger partial charge in [-0.3, -0.25) is 19.3 Å². The number of halogens is 1. The second kappa shape index (κ2) is 10.8. The first-order valence-electron chi connectivity index (χ1n) is 11.0. The fraction of sp³-hybridized carbons (Fsp3) is 0.423. The highest BCUT2D eigenvalue weighted by Crippen LogP contribution is 2.31. The number of methoxy groups -OCH3 is 1. The van der Waals surface area contributed by atoms with Gasteiger partial charge in [-0.15, -0.1) is 0 Å². The molecule has 0 aliphatic carbocycles. The summed E-state index contributed by atoms with van der Waals surface area (Å²) in [6.07, 6.45) is 1.23. The maximum atomic E-state index is 13.4. The summed E-state index contributed by atoms with van der Waals surface area (Å²) in [5.74, 6) is -0.332. The van der Waals surface area contributed by atoms with Crippen LogP contribution in [0.3, 0.4) is 0 Å². The second-order valence-corrected chi connectivity index (χ2v) is 9.15. The molecule has 2 atom stereocenters. The molecule has 2 amide bonds. The molecule has 1 heterocycles. The van der Waals surface area contributed by atoms with Gasteiger partial charge in [-0.05, 0) is 54.0 Å². The average molecular weight is 456 g/mol. The SMILES string of the molecule is COc1ccc(Cl)cc1CC1CCC(=O)CN(C(=O)CC(c2ccccc2)C(C)C)C1=O. The lowest BCUT2D eigenvalue weighted by atomic mass is 9.85. The Morgan fingerprint density at radius 3 is 2.53 bits per heavy atom. The molecule has 2 aromatic rings. The number of carbonyl (C=O) groups excluding carboxylic acids is 3. The molecule has 1 aliphatic heterocycles. The molecule has 1 saturated heterocycles. The Bertz CT molecular complexity index is 973. The van der Waals surface area contributed by atoms with Gasteiger partial charge >= 0.3 is 0 Å². The number of hydrogen-bond acceptors (Lipinski definition) is 4. The van der Waals surface area contributed by atoms with Gasteiger partial charge in [0.2, 0.25) is 11.8 Å². The maximum absolute atomic E-state index is 13.4. The van der Waals surface area contributed by atoms with E-state index in [0.29, 0.717) is 23.6 Å². The first kappa shape index (κ1) is 24.0. The lowest BCUT2D eigenvalue weighted by Gasteiger charge is -2.26. The lowest BCUT2D eigenvalue weighted by Crippen LogP contribution is -2.42. The zero-order valence-corrected chi connectivity index (χ0v) is 19.6. The molecule has 32 heavy (non-hydrogen) atoms. The van der Waals surface area contributed by atoms with Crippen LogP contribution in [-0.4, -0.2) is 36.2 Å². The highest BCUT2D eigenvalue weighted by molar-refractivity contribution is 6.30. The predicted octanol–water partition coefficient (Wildman–Crippen LogP) is 5.06. The van der Waals surface area contributed by atoms with Crippen LogP contribution in [0.2, 0.25) is 5.02 Å². The molecule has 1 aliphatic rings. The molecule has 0 spiro atoms. The van der Waals surface area contributed by atoms with Gasteiger partial charge in [0.25, 0.3) is 0 Å². The van der Waals surface area contributed by atoms with Crippen molar-refractivity contribution in [1.82, 2.24) is 4.90 Å². The van der Waals surface area contributed by atoms with Gasteiger partial charge < -0.3 is 4.74 Å². The number of hydrogen-bond donors (Lipinski definition) is 0. The van der Waals surface area contributed by atoms with Gasteiger partial charge in [0.1, 0.15) is 5.75 Å². The molecule has 2 unspecified atom stereocenters. The average Bonchev–Trinajstić information content (AvgIpc) is 2.91. The number of Topliss-reactive ketones (excluding diaryl/α,β-unsaturated/α-hetero) is 1. The summed E-state index contributed by atoms with van der Waals surface area (Å²) in [5.41, 5.74) is 1.86. The van der Waals surface area contributed by atoms with E-state index in [1.807, 2.05) is 30.3 Å². The van der Waals surface area contributed by atoms with Gasteiger partial charge in [-0.2, -0.15) is 0 Å². The highest BCUT2D eigenvalue weighted by Gasteiger charge is 2.35. The van der Waals surface area contributed by atoms with Crippen molar-refractivity contribution in [3.05, 3.63) is 64.7 Å². The van der Waals surface area contributed by atoms with Crippen molar-refractivity contribution in [1.29, 1.82) is 0 Å². The van der Waals surface area contributed by atoms with E-state index >= 15 is 0 Å². The maximum Gasteiger partial charge on any atom is 0.233 e. The first-order chi connectivity index (χ1) is 15.3. The van der Waals surface area contributed by atoms with Crippen molar-refractivity contribution < 1.29 is 19.1 Å². The predicted molar refractivity (Wildman–Crippen MR) is 125 cm³/mol. The third-order valence-corrected chi connectivity index (χ3v) is 6.39. The van der Waals surface area contributed by atoms with E-state index in [9.17, 15) is 14.4 Å². The summed E-state index contributed by atoms with van der Waals surface area (Å²) in [5, 5.41) is 0.550. The van der Waals surface area contributed by atoms with Gasteiger partial charge in [0.05, 0.1) is 13.7 Å². The zero-order valence-electron chi connectivity index (χ0n) is 18.8. The van der Waals surface area contributed by atoms with E-state index in [0.717, 1.165) is 11.1 Å². The third-order valence-electron chi connectivity index (χ3n) is 6.16. The molecule has 6 heteroatoms. The standard InChI is InChI=1S/C26H30ClNO4/c1-17(2)23(18-7-5-4-6-8-18)15-25(30)28-16-22(29)11-9-19(26(28)31)13-20-14-21(27)10-12-24(20)32-3/h4-8,10,12,14,17,19,23H,9,11,13,15-16H2,1-3H3. The minimum Gasteiger partial charge on any atom is -0.496 e. The summed E-state index contributed by atoms with van der Waals surface area (Å²) < 4.78 is 5.41. The van der Waals surface area contributed by atoms with Gasteiger partial charge in [0.15, 0.2) is 5.78 Å². The van der Waals surface area contributed by atoms with E-state index in [2.05, 4.69) is 13.8 Å². The van der Waals surface area contributed by atoms with Gasteiger partial charge in [0, 0.05) is 23.8 Å². The van der Waals surface area contributed by atoms with Gasteiger partial charge in [-0.1, -0.05) is 55.8 Å². The molecule has 0 aromatic heterocycles. The van der Waals surface area contributed by atoms with Crippen LogP contribution in [0, 0.1) is 11.8 Å². The minimum atomic E-state index is -0.480. The number of nitrogens with zero attached hydrogens (tertiary/aromatic N) is 1. The van der Waals surface area contributed by atoms with Crippen molar-refractivity contribution in [2.24, 2.45) is 11.8 Å². The van der Waals surface area contributed by atoms with Crippen LogP contribution in [-0.2, 0) is 20.8 Å². The van der Waals surface area contributed by atoms with E-state index in [1.54, 1.807) is 25.3 Å². The summed E-state index contributed by atoms with van der Waals surface area (Å²) in [6.45, 7) is 3.98. The minimum absolute atomic E-state index is 0.0265. The Labute approximate surface area is 194 Å². The molecular weight excluding hydrogens is 426 g/mol. The van der Waals surface area contributed by atoms with Crippen LogP contribution >= 0.6 is 11.6 Å². The van der Waals surface area contributed by atoms with E-state index in [4.69, 9.17) is 16.3 Å². The third kappa shape index (κ3) is 5.77. The van der Waals surface area contributed by atoms with Crippen molar-refractivity contribution in [2.75, 3.05) is 13.7 Å². The number of carbonyl (C=O) groups is 3. The Morgan fingerprint density at radius 1 is 1.16 bits per heavy atom. The molecular formula is C26H30ClNO4. The lowest BCUT2D eigenvalue weighted by molar-refractivity contribution is -0.149. The molecule has 1 fully saturated rings. The topological polar surface area (TPSA) is 63.7 Å². The smallest absolute Gasteiger partial charge is 0.233 e. The van der Waals surface area contributed by atoms with E-state index in [1.165, 1.54) is 4.90 Å². The monoisotopic (exact) mass is 455 g/mol. The number of ketones is 1. The molecule has 0 radical (unpaired) electrons. The molecule has 2 aromatic carbocycles. The van der Waals surface area contributed by atoms with Crippen LogP contribution < -0.4 is 4.74 Å². The number of benzene rings is 2. The quantitative estimate of drug-likeness (QED) is 0.585. The molecule has 3 rings (SSSR count). The summed E-state index contributed by atoms with van der Waals surface area (Å²) in [4.78, 5) is 40.3. The Kier molecular flexibility index (Phi) is 8.08. The number of imide groups is 1. The molecule has 0 bridgehead atoms.